The maximum atomic E-state index is 12.6. The summed E-state index contributed by atoms with van der Waals surface area (Å²) in [6.45, 7) is 5.51. The highest BCUT2D eigenvalue weighted by atomic mass is 16.4. The van der Waals surface area contributed by atoms with E-state index >= 15 is 0 Å². The second-order valence-electron chi connectivity index (χ2n) is 5.67. The molecule has 0 unspecified atom stereocenters. The molecule has 2 rings (SSSR count). The Balaban J connectivity index is 2.36. The van der Waals surface area contributed by atoms with Crippen molar-refractivity contribution in [1.82, 2.24) is 0 Å². The maximum Gasteiger partial charge on any atom is 0.311 e. The quantitative estimate of drug-likeness (QED) is 0.612. The number of hydrogen-bond donors (Lipinski definition) is 1. The van der Waals surface area contributed by atoms with Crippen molar-refractivity contribution in [3.05, 3.63) is 83.9 Å². The van der Waals surface area contributed by atoms with Crippen molar-refractivity contribution >= 4 is 11.8 Å². The number of hydrogen-bond acceptors (Lipinski definition) is 2. The Labute approximate surface area is 136 Å². The summed E-state index contributed by atoms with van der Waals surface area (Å²) >= 11 is 0. The van der Waals surface area contributed by atoms with Crippen LogP contribution in [0, 0.1) is 5.92 Å². The van der Waals surface area contributed by atoms with Crippen molar-refractivity contribution in [2.24, 2.45) is 5.92 Å². The lowest BCUT2D eigenvalue weighted by Gasteiger charge is -2.24. The first-order valence-electron chi connectivity index (χ1n) is 7.52. The highest BCUT2D eigenvalue weighted by molar-refractivity contribution is 5.97. The van der Waals surface area contributed by atoms with Crippen LogP contribution in [0.25, 0.3) is 0 Å². The van der Waals surface area contributed by atoms with Crippen molar-refractivity contribution in [1.29, 1.82) is 0 Å². The molecule has 0 aliphatic heterocycles. The van der Waals surface area contributed by atoms with Crippen LogP contribution < -0.4 is 0 Å². The Morgan fingerprint density at radius 1 is 1.00 bits per heavy atom. The molecule has 3 heteroatoms. The van der Waals surface area contributed by atoms with Crippen molar-refractivity contribution < 1.29 is 14.7 Å². The van der Waals surface area contributed by atoms with Crippen LogP contribution in [0.3, 0.4) is 0 Å². The lowest BCUT2D eigenvalue weighted by atomic mass is 9.78. The normalized spacial score (nSPS) is 13.1. The van der Waals surface area contributed by atoms with Gasteiger partial charge >= 0.3 is 5.97 Å². The lowest BCUT2D eigenvalue weighted by molar-refractivity contribution is -0.141. The standard InChI is InChI=1S/C20H20O3/c1-14(2)19(20(22)23)17(15-9-5-3-6-10-15)13-18(21)16-11-7-4-8-12-16/h3-12,17,19H,1,13H2,2H3,(H,22,23)/t17-,19-/m1/s1. The summed E-state index contributed by atoms with van der Waals surface area (Å²) in [5.41, 5.74) is 1.98. The Morgan fingerprint density at radius 3 is 2.00 bits per heavy atom. The van der Waals surface area contributed by atoms with E-state index in [9.17, 15) is 14.7 Å². The molecule has 0 aliphatic carbocycles. The van der Waals surface area contributed by atoms with Gasteiger partial charge in [-0.1, -0.05) is 72.8 Å². The molecule has 0 saturated carbocycles. The third kappa shape index (κ3) is 4.16. The van der Waals surface area contributed by atoms with Crippen LogP contribution in [0.15, 0.2) is 72.8 Å². The van der Waals surface area contributed by atoms with Gasteiger partial charge in [-0.25, -0.2) is 0 Å². The molecule has 0 amide bonds. The number of carboxylic acids is 1. The lowest BCUT2D eigenvalue weighted by Crippen LogP contribution is -2.25. The van der Waals surface area contributed by atoms with E-state index in [1.165, 1.54) is 0 Å². The molecule has 0 aliphatic rings. The van der Waals surface area contributed by atoms with Crippen molar-refractivity contribution in [2.45, 2.75) is 19.3 Å². The van der Waals surface area contributed by atoms with Crippen LogP contribution in [0.1, 0.15) is 35.2 Å². The van der Waals surface area contributed by atoms with Gasteiger partial charge in [-0.3, -0.25) is 9.59 Å². The number of benzene rings is 2. The van der Waals surface area contributed by atoms with E-state index in [1.807, 2.05) is 36.4 Å². The summed E-state index contributed by atoms with van der Waals surface area (Å²) in [4.78, 5) is 24.3. The summed E-state index contributed by atoms with van der Waals surface area (Å²) in [7, 11) is 0. The number of Topliss-reactive ketones (excluding diaryl/α,β-unsaturated/α-hetero) is 1. The van der Waals surface area contributed by atoms with E-state index in [2.05, 4.69) is 6.58 Å². The van der Waals surface area contributed by atoms with Crippen molar-refractivity contribution in [3.63, 3.8) is 0 Å². The van der Waals surface area contributed by atoms with Gasteiger partial charge in [-0.05, 0) is 12.5 Å². The van der Waals surface area contributed by atoms with E-state index in [0.29, 0.717) is 11.1 Å². The van der Waals surface area contributed by atoms with Gasteiger partial charge in [0.2, 0.25) is 0 Å². The first-order chi connectivity index (χ1) is 11.0. The van der Waals surface area contributed by atoms with Gasteiger partial charge < -0.3 is 5.11 Å². The third-order valence-electron chi connectivity index (χ3n) is 3.93. The molecular weight excluding hydrogens is 288 g/mol. The average molecular weight is 308 g/mol. The zero-order valence-electron chi connectivity index (χ0n) is 13.1. The Bertz CT molecular complexity index is 675. The highest BCUT2D eigenvalue weighted by Gasteiger charge is 2.32. The van der Waals surface area contributed by atoms with Crippen LogP contribution in [-0.4, -0.2) is 16.9 Å². The van der Waals surface area contributed by atoms with Gasteiger partial charge in [0.25, 0.3) is 0 Å². The van der Waals surface area contributed by atoms with E-state index in [1.54, 1.807) is 31.2 Å². The summed E-state index contributed by atoms with van der Waals surface area (Å²) in [5.74, 6) is -2.23. The van der Waals surface area contributed by atoms with Crippen LogP contribution in [0.2, 0.25) is 0 Å². The second-order valence-corrected chi connectivity index (χ2v) is 5.67. The predicted octanol–water partition coefficient (Wildman–Crippen LogP) is 4.32. The highest BCUT2D eigenvalue weighted by Crippen LogP contribution is 2.33. The second kappa shape index (κ2) is 7.54. The summed E-state index contributed by atoms with van der Waals surface area (Å²) in [5, 5.41) is 9.59. The average Bonchev–Trinajstić information content (AvgIpc) is 2.55. The smallest absolute Gasteiger partial charge is 0.311 e. The first kappa shape index (κ1) is 16.7. The Morgan fingerprint density at radius 2 is 1.52 bits per heavy atom. The van der Waals surface area contributed by atoms with Gasteiger partial charge in [0, 0.05) is 17.9 Å². The fourth-order valence-corrected chi connectivity index (χ4v) is 2.80. The Hall–Kier alpha value is -2.68. The summed E-state index contributed by atoms with van der Waals surface area (Å²) < 4.78 is 0. The molecule has 0 aromatic heterocycles. The zero-order valence-corrected chi connectivity index (χ0v) is 13.1. The van der Waals surface area contributed by atoms with E-state index in [4.69, 9.17) is 0 Å². The molecule has 0 heterocycles. The maximum absolute atomic E-state index is 12.6. The number of ketones is 1. The zero-order chi connectivity index (χ0) is 16.8. The van der Waals surface area contributed by atoms with Crippen LogP contribution >= 0.6 is 0 Å². The molecule has 0 radical (unpaired) electrons. The van der Waals surface area contributed by atoms with Gasteiger partial charge in [0.1, 0.15) is 0 Å². The van der Waals surface area contributed by atoms with Gasteiger partial charge in [-0.2, -0.15) is 0 Å². The number of carboxylic acid groups (broad SMARTS) is 1. The number of carbonyl (C=O) groups is 2. The van der Waals surface area contributed by atoms with E-state index in [-0.39, 0.29) is 12.2 Å². The fraction of sp³-hybridized carbons (Fsp3) is 0.200. The molecule has 2 aromatic carbocycles. The molecule has 23 heavy (non-hydrogen) atoms. The van der Waals surface area contributed by atoms with Crippen molar-refractivity contribution in [3.8, 4) is 0 Å². The van der Waals surface area contributed by atoms with Crippen molar-refractivity contribution in [2.75, 3.05) is 0 Å². The van der Waals surface area contributed by atoms with Gasteiger partial charge in [-0.15, -0.1) is 0 Å². The van der Waals surface area contributed by atoms with Gasteiger partial charge in [0.05, 0.1) is 5.92 Å². The summed E-state index contributed by atoms with van der Waals surface area (Å²) in [6.07, 6.45) is 0.137. The number of rotatable bonds is 7. The molecule has 0 bridgehead atoms. The molecule has 2 atom stereocenters. The largest absolute Gasteiger partial charge is 0.481 e. The number of carbonyl (C=O) groups excluding carboxylic acids is 1. The van der Waals surface area contributed by atoms with Gasteiger partial charge in [0.15, 0.2) is 5.78 Å². The Kier molecular flexibility index (Phi) is 5.47. The number of aliphatic carboxylic acids is 1. The predicted molar refractivity (Wildman–Crippen MR) is 90.5 cm³/mol. The molecule has 0 spiro atoms. The topological polar surface area (TPSA) is 54.4 Å². The van der Waals surface area contributed by atoms with Crippen LogP contribution in [-0.2, 0) is 4.79 Å². The first-order valence-corrected chi connectivity index (χ1v) is 7.52. The molecule has 2 aromatic rings. The fourth-order valence-electron chi connectivity index (χ4n) is 2.80. The molecule has 3 nitrogen and oxygen atoms in total. The molecule has 118 valence electrons. The van der Waals surface area contributed by atoms with E-state index in [0.717, 1.165) is 5.56 Å². The van der Waals surface area contributed by atoms with Crippen LogP contribution in [0.4, 0.5) is 0 Å². The molecule has 1 N–H and O–H groups in total. The molecule has 0 saturated heterocycles. The van der Waals surface area contributed by atoms with Crippen LogP contribution in [0.5, 0.6) is 0 Å². The minimum Gasteiger partial charge on any atom is -0.481 e. The minimum atomic E-state index is -0.952. The monoisotopic (exact) mass is 308 g/mol. The minimum absolute atomic E-state index is 0.0630. The summed E-state index contributed by atoms with van der Waals surface area (Å²) in [6, 6.07) is 18.3. The van der Waals surface area contributed by atoms with E-state index < -0.39 is 17.8 Å². The SMILES string of the molecule is C=C(C)[C@@H](C(=O)O)[C@H](CC(=O)c1ccccc1)c1ccccc1. The molecular formula is C20H20O3. The third-order valence-corrected chi connectivity index (χ3v) is 3.93. The molecule has 0 fully saturated rings.